The second kappa shape index (κ2) is 4.38. The summed E-state index contributed by atoms with van der Waals surface area (Å²) >= 11 is 0. The van der Waals surface area contributed by atoms with Gasteiger partial charge in [-0.2, -0.15) is 5.10 Å². The Kier molecular flexibility index (Phi) is 2.94. The first-order valence-electron chi connectivity index (χ1n) is 5.38. The number of aryl methyl sites for hydroxylation is 2. The first-order chi connectivity index (χ1) is 7.74. The van der Waals surface area contributed by atoms with Gasteiger partial charge in [0.15, 0.2) is 0 Å². The van der Waals surface area contributed by atoms with Crippen molar-refractivity contribution in [2.75, 3.05) is 12.4 Å². The van der Waals surface area contributed by atoms with Crippen LogP contribution in [0.1, 0.15) is 23.9 Å². The summed E-state index contributed by atoms with van der Waals surface area (Å²) in [7, 11) is 1.88. The third-order valence-electron chi connectivity index (χ3n) is 2.64. The van der Waals surface area contributed by atoms with Gasteiger partial charge in [0.25, 0.3) is 0 Å². The smallest absolute Gasteiger partial charge is 0.138 e. The largest absolute Gasteiger partial charge is 0.386 e. The van der Waals surface area contributed by atoms with Crippen molar-refractivity contribution in [1.29, 1.82) is 0 Å². The zero-order valence-corrected chi connectivity index (χ0v) is 9.82. The lowest BCUT2D eigenvalue weighted by Gasteiger charge is -2.01. The van der Waals surface area contributed by atoms with E-state index in [9.17, 15) is 0 Å². The number of anilines is 1. The molecule has 0 fully saturated rings. The topological polar surface area (TPSA) is 55.9 Å². The molecule has 0 atom stereocenters. The molecule has 0 aliphatic rings. The standard InChI is InChI=1S/C11H16N4O/c1-4-11-10(8(2)16-14-11)7-15-6-9(12-3)5-13-15/h5-6,12H,4,7H2,1-3H3. The highest BCUT2D eigenvalue weighted by molar-refractivity contribution is 5.37. The van der Waals surface area contributed by atoms with E-state index in [1.807, 2.05) is 24.9 Å². The van der Waals surface area contributed by atoms with E-state index in [4.69, 9.17) is 4.52 Å². The van der Waals surface area contributed by atoms with Crippen LogP contribution in [0.2, 0.25) is 0 Å². The molecule has 16 heavy (non-hydrogen) atoms. The highest BCUT2D eigenvalue weighted by Crippen LogP contribution is 2.16. The van der Waals surface area contributed by atoms with Crippen LogP contribution in [0.15, 0.2) is 16.9 Å². The van der Waals surface area contributed by atoms with Gasteiger partial charge in [0.2, 0.25) is 0 Å². The van der Waals surface area contributed by atoms with Gasteiger partial charge in [-0.15, -0.1) is 0 Å². The maximum atomic E-state index is 5.19. The minimum atomic E-state index is 0.709. The van der Waals surface area contributed by atoms with Gasteiger partial charge in [-0.3, -0.25) is 4.68 Å². The molecular formula is C11H16N4O. The number of rotatable bonds is 4. The fraction of sp³-hybridized carbons (Fsp3) is 0.455. The Balaban J connectivity index is 2.22. The fourth-order valence-corrected chi connectivity index (χ4v) is 1.66. The number of aromatic nitrogens is 3. The Labute approximate surface area is 94.4 Å². The minimum Gasteiger partial charge on any atom is -0.386 e. The maximum Gasteiger partial charge on any atom is 0.138 e. The van der Waals surface area contributed by atoms with Crippen molar-refractivity contribution in [1.82, 2.24) is 14.9 Å². The molecule has 0 aliphatic heterocycles. The van der Waals surface area contributed by atoms with Crippen molar-refractivity contribution in [3.8, 4) is 0 Å². The van der Waals surface area contributed by atoms with Crippen LogP contribution in [0, 0.1) is 6.92 Å². The molecule has 2 aromatic rings. The summed E-state index contributed by atoms with van der Waals surface area (Å²) in [4.78, 5) is 0. The fourth-order valence-electron chi connectivity index (χ4n) is 1.66. The summed E-state index contributed by atoms with van der Waals surface area (Å²) < 4.78 is 7.06. The highest BCUT2D eigenvalue weighted by Gasteiger charge is 2.11. The molecule has 0 bridgehead atoms. The molecule has 0 amide bonds. The lowest BCUT2D eigenvalue weighted by Crippen LogP contribution is -2.03. The molecule has 2 aromatic heterocycles. The molecular weight excluding hydrogens is 204 g/mol. The van der Waals surface area contributed by atoms with Gasteiger partial charge in [-0.05, 0) is 13.3 Å². The molecule has 2 heterocycles. The Morgan fingerprint density at radius 3 is 2.94 bits per heavy atom. The van der Waals surface area contributed by atoms with Crippen molar-refractivity contribution in [3.63, 3.8) is 0 Å². The first-order valence-corrected chi connectivity index (χ1v) is 5.38. The number of hydrogen-bond donors (Lipinski definition) is 1. The van der Waals surface area contributed by atoms with Crippen LogP contribution in [0.25, 0.3) is 0 Å². The molecule has 86 valence electrons. The van der Waals surface area contributed by atoms with Crippen LogP contribution in [0.4, 0.5) is 5.69 Å². The predicted molar refractivity (Wildman–Crippen MR) is 61.5 cm³/mol. The molecule has 5 nitrogen and oxygen atoms in total. The van der Waals surface area contributed by atoms with E-state index in [2.05, 4.69) is 22.5 Å². The quantitative estimate of drug-likeness (QED) is 0.854. The van der Waals surface area contributed by atoms with E-state index in [1.54, 1.807) is 6.20 Å². The summed E-state index contributed by atoms with van der Waals surface area (Å²) in [5, 5.41) is 11.3. The van der Waals surface area contributed by atoms with Crippen LogP contribution in [0.5, 0.6) is 0 Å². The van der Waals surface area contributed by atoms with Crippen LogP contribution < -0.4 is 5.32 Å². The Morgan fingerprint density at radius 1 is 1.50 bits per heavy atom. The van der Waals surface area contributed by atoms with Gasteiger partial charge in [0, 0.05) is 18.8 Å². The molecule has 0 aliphatic carbocycles. The molecule has 5 heteroatoms. The molecule has 0 saturated heterocycles. The van der Waals surface area contributed by atoms with Gasteiger partial charge >= 0.3 is 0 Å². The monoisotopic (exact) mass is 220 g/mol. The lowest BCUT2D eigenvalue weighted by atomic mass is 10.1. The van der Waals surface area contributed by atoms with Crippen LogP contribution in [0.3, 0.4) is 0 Å². The third-order valence-corrected chi connectivity index (χ3v) is 2.64. The average Bonchev–Trinajstić information content (AvgIpc) is 2.88. The van der Waals surface area contributed by atoms with Gasteiger partial charge in [-0.25, -0.2) is 0 Å². The zero-order valence-electron chi connectivity index (χ0n) is 9.82. The highest BCUT2D eigenvalue weighted by atomic mass is 16.5. The molecule has 0 saturated carbocycles. The number of nitrogens with zero attached hydrogens (tertiary/aromatic N) is 3. The molecule has 0 spiro atoms. The number of hydrogen-bond acceptors (Lipinski definition) is 4. The van der Waals surface area contributed by atoms with Crippen LogP contribution in [-0.4, -0.2) is 22.0 Å². The first kappa shape index (κ1) is 10.7. The predicted octanol–water partition coefficient (Wildman–Crippen LogP) is 1.83. The molecule has 0 unspecified atom stereocenters. The second-order valence-corrected chi connectivity index (χ2v) is 3.69. The van der Waals surface area contributed by atoms with E-state index in [1.165, 1.54) is 0 Å². The van der Waals surface area contributed by atoms with Gasteiger partial charge in [-0.1, -0.05) is 12.1 Å². The van der Waals surface area contributed by atoms with Gasteiger partial charge in [0.05, 0.1) is 24.1 Å². The van der Waals surface area contributed by atoms with E-state index >= 15 is 0 Å². The zero-order chi connectivity index (χ0) is 11.5. The molecule has 1 N–H and O–H groups in total. The van der Waals surface area contributed by atoms with Crippen LogP contribution in [-0.2, 0) is 13.0 Å². The normalized spacial score (nSPS) is 10.7. The Bertz CT molecular complexity index is 472. The number of nitrogens with one attached hydrogen (secondary N) is 1. The molecule has 2 rings (SSSR count). The van der Waals surface area contributed by atoms with Crippen LogP contribution >= 0.6 is 0 Å². The average molecular weight is 220 g/mol. The third kappa shape index (κ3) is 1.93. The van der Waals surface area contributed by atoms with E-state index < -0.39 is 0 Å². The van der Waals surface area contributed by atoms with Crippen molar-refractivity contribution in [3.05, 3.63) is 29.4 Å². The summed E-state index contributed by atoms with van der Waals surface area (Å²) in [6.07, 6.45) is 4.65. The van der Waals surface area contributed by atoms with Crippen molar-refractivity contribution < 1.29 is 4.52 Å². The van der Waals surface area contributed by atoms with E-state index in [-0.39, 0.29) is 0 Å². The van der Waals surface area contributed by atoms with Crippen molar-refractivity contribution >= 4 is 5.69 Å². The second-order valence-electron chi connectivity index (χ2n) is 3.69. The summed E-state index contributed by atoms with van der Waals surface area (Å²) in [5.74, 6) is 0.873. The summed E-state index contributed by atoms with van der Waals surface area (Å²) in [6.45, 7) is 4.72. The molecule has 0 radical (unpaired) electrons. The van der Waals surface area contributed by atoms with Gasteiger partial charge < -0.3 is 9.84 Å². The lowest BCUT2D eigenvalue weighted by molar-refractivity contribution is 0.390. The summed E-state index contributed by atoms with van der Waals surface area (Å²) in [5.41, 5.74) is 3.15. The maximum absolute atomic E-state index is 5.19. The van der Waals surface area contributed by atoms with Crippen molar-refractivity contribution in [2.24, 2.45) is 0 Å². The SMILES string of the molecule is CCc1noc(C)c1Cn1cc(NC)cn1. The van der Waals surface area contributed by atoms with E-state index in [0.717, 1.165) is 29.1 Å². The Hall–Kier alpha value is -1.78. The van der Waals surface area contributed by atoms with Crippen molar-refractivity contribution in [2.45, 2.75) is 26.8 Å². The van der Waals surface area contributed by atoms with Gasteiger partial charge in [0.1, 0.15) is 5.76 Å². The molecule has 0 aromatic carbocycles. The van der Waals surface area contributed by atoms with E-state index in [0.29, 0.717) is 6.54 Å². The summed E-state index contributed by atoms with van der Waals surface area (Å²) in [6, 6.07) is 0. The Morgan fingerprint density at radius 2 is 2.31 bits per heavy atom. The minimum absolute atomic E-state index is 0.709.